The van der Waals surface area contributed by atoms with Crippen LogP contribution in [0.15, 0.2) is 23.0 Å². The predicted octanol–water partition coefficient (Wildman–Crippen LogP) is 1.41. The minimum absolute atomic E-state index is 0.0729. The molecule has 1 aliphatic heterocycles. The van der Waals surface area contributed by atoms with Crippen LogP contribution in [0.25, 0.3) is 0 Å². The highest BCUT2D eigenvalue weighted by atomic mass is 16.5. The van der Waals surface area contributed by atoms with E-state index in [2.05, 4.69) is 6.08 Å². The van der Waals surface area contributed by atoms with Gasteiger partial charge in [-0.05, 0) is 43.3 Å². The van der Waals surface area contributed by atoms with Crippen molar-refractivity contribution < 1.29 is 20.1 Å². The summed E-state index contributed by atoms with van der Waals surface area (Å²) in [5.41, 5.74) is 2.25. The minimum Gasteiger partial charge on any atom is -0.490 e. The molecule has 0 bridgehead atoms. The van der Waals surface area contributed by atoms with Gasteiger partial charge < -0.3 is 20.1 Å². The average Bonchev–Trinajstić information content (AvgIpc) is 2.38. The van der Waals surface area contributed by atoms with Gasteiger partial charge in [0.25, 0.3) is 0 Å². The van der Waals surface area contributed by atoms with Crippen LogP contribution in [0.2, 0.25) is 0 Å². The Bertz CT molecular complexity index is 412. The molecule has 0 aromatic rings. The molecule has 3 N–H and O–H groups in total. The number of aliphatic hydroxyl groups is 3. The van der Waals surface area contributed by atoms with Crippen LogP contribution in [-0.4, -0.2) is 39.7 Å². The highest BCUT2D eigenvalue weighted by Crippen LogP contribution is 2.38. The Kier molecular flexibility index (Phi) is 3.65. The molecule has 0 radical (unpaired) electrons. The minimum atomic E-state index is -0.540. The van der Waals surface area contributed by atoms with Gasteiger partial charge in [-0.25, -0.2) is 0 Å². The fraction of sp³-hybridized carbons (Fsp3) is 0.733. The van der Waals surface area contributed by atoms with Crippen molar-refractivity contribution in [2.45, 2.75) is 69.4 Å². The van der Waals surface area contributed by atoms with E-state index in [0.717, 1.165) is 37.0 Å². The van der Waals surface area contributed by atoms with E-state index in [4.69, 9.17) is 4.74 Å². The lowest BCUT2D eigenvalue weighted by atomic mass is 9.84. The second kappa shape index (κ2) is 5.27. The van der Waals surface area contributed by atoms with Crippen molar-refractivity contribution in [2.75, 3.05) is 0 Å². The van der Waals surface area contributed by atoms with Crippen LogP contribution >= 0.6 is 0 Å². The molecular weight excluding hydrogens is 244 g/mol. The van der Waals surface area contributed by atoms with E-state index in [1.807, 2.05) is 0 Å². The maximum Gasteiger partial charge on any atom is 0.120 e. The quantitative estimate of drug-likeness (QED) is 0.628. The van der Waals surface area contributed by atoms with Crippen LogP contribution in [0.3, 0.4) is 0 Å². The zero-order valence-corrected chi connectivity index (χ0v) is 11.1. The van der Waals surface area contributed by atoms with Gasteiger partial charge in [0.05, 0.1) is 18.3 Å². The molecule has 3 rings (SSSR count). The molecule has 0 saturated heterocycles. The van der Waals surface area contributed by atoms with E-state index in [0.29, 0.717) is 19.3 Å². The number of ether oxygens (including phenoxy) is 1. The first-order chi connectivity index (χ1) is 9.13. The van der Waals surface area contributed by atoms with Crippen molar-refractivity contribution in [3.63, 3.8) is 0 Å². The second-order valence-electron chi connectivity index (χ2n) is 5.91. The van der Waals surface area contributed by atoms with Crippen molar-refractivity contribution >= 4 is 0 Å². The molecule has 1 unspecified atom stereocenters. The van der Waals surface area contributed by atoms with Gasteiger partial charge in [-0.3, -0.25) is 0 Å². The van der Waals surface area contributed by atoms with Crippen LogP contribution < -0.4 is 0 Å². The smallest absolute Gasteiger partial charge is 0.120 e. The SMILES string of the molecule is O[C@@H]1CC=C(C2CCC3=C(C[C@H](O)C[C@@H]3O)O2)CC1. The Morgan fingerprint density at radius 3 is 2.63 bits per heavy atom. The number of hydrogen-bond acceptors (Lipinski definition) is 4. The van der Waals surface area contributed by atoms with Gasteiger partial charge in [0, 0.05) is 12.8 Å². The topological polar surface area (TPSA) is 69.9 Å². The molecule has 0 saturated carbocycles. The molecule has 4 heteroatoms. The van der Waals surface area contributed by atoms with Crippen molar-refractivity contribution in [3.05, 3.63) is 23.0 Å². The fourth-order valence-corrected chi connectivity index (χ4v) is 3.36. The maximum atomic E-state index is 9.96. The van der Waals surface area contributed by atoms with Gasteiger partial charge in [0.2, 0.25) is 0 Å². The van der Waals surface area contributed by atoms with Crippen molar-refractivity contribution in [1.29, 1.82) is 0 Å². The summed E-state index contributed by atoms with van der Waals surface area (Å²) in [6, 6.07) is 0. The summed E-state index contributed by atoms with van der Waals surface area (Å²) in [5.74, 6) is 0.800. The highest BCUT2D eigenvalue weighted by Gasteiger charge is 2.34. The summed E-state index contributed by atoms with van der Waals surface area (Å²) in [6.07, 6.45) is 6.05. The highest BCUT2D eigenvalue weighted by molar-refractivity contribution is 5.24. The fourth-order valence-electron chi connectivity index (χ4n) is 3.36. The summed E-state index contributed by atoms with van der Waals surface area (Å²) in [6.45, 7) is 0. The van der Waals surface area contributed by atoms with Gasteiger partial charge in [-0.2, -0.15) is 0 Å². The summed E-state index contributed by atoms with van der Waals surface area (Å²) in [7, 11) is 0. The summed E-state index contributed by atoms with van der Waals surface area (Å²) in [5, 5.41) is 29.2. The van der Waals surface area contributed by atoms with Crippen molar-refractivity contribution in [3.8, 4) is 0 Å². The molecule has 4 atom stereocenters. The Labute approximate surface area is 113 Å². The molecule has 0 aromatic carbocycles. The Morgan fingerprint density at radius 2 is 1.89 bits per heavy atom. The first-order valence-electron chi connectivity index (χ1n) is 7.25. The Hall–Kier alpha value is -0.840. The third kappa shape index (κ3) is 2.71. The van der Waals surface area contributed by atoms with E-state index >= 15 is 0 Å². The molecule has 0 fully saturated rings. The van der Waals surface area contributed by atoms with Crippen molar-refractivity contribution in [2.24, 2.45) is 0 Å². The van der Waals surface area contributed by atoms with E-state index in [9.17, 15) is 15.3 Å². The van der Waals surface area contributed by atoms with Gasteiger partial charge >= 0.3 is 0 Å². The zero-order valence-electron chi connectivity index (χ0n) is 11.1. The molecule has 0 aromatic heterocycles. The summed E-state index contributed by atoms with van der Waals surface area (Å²) < 4.78 is 6.02. The predicted molar refractivity (Wildman–Crippen MR) is 70.3 cm³/mol. The Balaban J connectivity index is 1.73. The molecule has 0 amide bonds. The lowest BCUT2D eigenvalue weighted by molar-refractivity contribution is 0.0242. The molecule has 0 spiro atoms. The van der Waals surface area contributed by atoms with Crippen LogP contribution in [0, 0.1) is 0 Å². The zero-order chi connectivity index (χ0) is 13.4. The van der Waals surface area contributed by atoms with Crippen molar-refractivity contribution in [1.82, 2.24) is 0 Å². The molecule has 19 heavy (non-hydrogen) atoms. The molecule has 4 nitrogen and oxygen atoms in total. The summed E-state index contributed by atoms with van der Waals surface area (Å²) >= 11 is 0. The molecule has 106 valence electrons. The van der Waals surface area contributed by atoms with Crippen LogP contribution in [0.5, 0.6) is 0 Å². The van der Waals surface area contributed by atoms with Gasteiger partial charge in [0.15, 0.2) is 0 Å². The second-order valence-corrected chi connectivity index (χ2v) is 5.91. The third-order valence-electron chi connectivity index (χ3n) is 4.47. The van der Waals surface area contributed by atoms with Gasteiger partial charge in [0.1, 0.15) is 11.9 Å². The van der Waals surface area contributed by atoms with E-state index in [1.165, 1.54) is 5.57 Å². The Morgan fingerprint density at radius 1 is 1.05 bits per heavy atom. The third-order valence-corrected chi connectivity index (χ3v) is 4.47. The molecule has 1 heterocycles. The van der Waals surface area contributed by atoms with Crippen LogP contribution in [0.1, 0.15) is 44.9 Å². The van der Waals surface area contributed by atoms with Crippen LogP contribution in [0.4, 0.5) is 0 Å². The average molecular weight is 266 g/mol. The number of hydrogen-bond donors (Lipinski definition) is 3. The van der Waals surface area contributed by atoms with Crippen LogP contribution in [-0.2, 0) is 4.74 Å². The lowest BCUT2D eigenvalue weighted by Gasteiger charge is -2.37. The monoisotopic (exact) mass is 266 g/mol. The standard InChI is InChI=1S/C15H22O4/c16-10-3-1-9(2-4-10)14-6-5-12-13(18)7-11(17)8-15(12)19-14/h1,10-11,13-14,16-18H,2-8H2/t10-,11-,13+,14?/m1/s1. The molecule has 3 aliphatic rings. The molecular formula is C15H22O4. The van der Waals surface area contributed by atoms with Gasteiger partial charge in [-0.1, -0.05) is 6.08 Å². The first kappa shape index (κ1) is 13.2. The maximum absolute atomic E-state index is 9.96. The van der Waals surface area contributed by atoms with E-state index in [-0.39, 0.29) is 12.2 Å². The lowest BCUT2D eigenvalue weighted by Crippen LogP contribution is -2.34. The summed E-state index contributed by atoms with van der Waals surface area (Å²) in [4.78, 5) is 0. The number of rotatable bonds is 1. The van der Waals surface area contributed by atoms with E-state index < -0.39 is 12.2 Å². The largest absolute Gasteiger partial charge is 0.490 e. The number of aliphatic hydroxyl groups excluding tert-OH is 3. The van der Waals surface area contributed by atoms with Gasteiger partial charge in [-0.15, -0.1) is 0 Å². The van der Waals surface area contributed by atoms with E-state index in [1.54, 1.807) is 0 Å². The first-order valence-corrected chi connectivity index (χ1v) is 7.25. The molecule has 2 aliphatic carbocycles. The normalized spacial score (nSPS) is 39.4.